The third-order valence-corrected chi connectivity index (χ3v) is 7.02. The molecule has 2 rings (SSSR count). The number of rotatable bonds is 14. The minimum atomic E-state index is -3.90. The lowest BCUT2D eigenvalue weighted by molar-refractivity contribution is -0.139. The molecule has 0 aliphatic rings. The second kappa shape index (κ2) is 13.9. The summed E-state index contributed by atoms with van der Waals surface area (Å²) in [6, 6.07) is 13.6. The van der Waals surface area contributed by atoms with Gasteiger partial charge >= 0.3 is 0 Å². The summed E-state index contributed by atoms with van der Waals surface area (Å²) >= 11 is 0. The molecule has 0 aliphatic heterocycles. The largest absolute Gasteiger partial charge is 0.497 e. The van der Waals surface area contributed by atoms with Crippen molar-refractivity contribution in [1.82, 2.24) is 10.2 Å². The van der Waals surface area contributed by atoms with Gasteiger partial charge in [-0.05, 0) is 36.5 Å². The van der Waals surface area contributed by atoms with E-state index in [1.54, 1.807) is 12.1 Å². The molecule has 2 aromatic rings. The molecule has 9 nitrogen and oxygen atoms in total. The molecule has 10 heteroatoms. The summed E-state index contributed by atoms with van der Waals surface area (Å²) in [6.07, 6.45) is 1.92. The Morgan fingerprint density at radius 2 is 1.70 bits per heavy atom. The molecule has 0 bridgehead atoms. The third kappa shape index (κ3) is 8.66. The van der Waals surface area contributed by atoms with Crippen LogP contribution in [0.25, 0.3) is 0 Å². The number of hydrogen-bond acceptors (Lipinski definition) is 6. The fourth-order valence-corrected chi connectivity index (χ4v) is 4.75. The van der Waals surface area contributed by atoms with Gasteiger partial charge in [-0.3, -0.25) is 13.9 Å². The average molecular weight is 534 g/mol. The zero-order chi connectivity index (χ0) is 27.6. The van der Waals surface area contributed by atoms with Crippen LogP contribution in [-0.4, -0.2) is 71.3 Å². The second-order valence-electron chi connectivity index (χ2n) is 9.19. The average Bonchev–Trinajstić information content (AvgIpc) is 2.87. The molecule has 0 spiro atoms. The standard InChI is InChI=1S/C27H39N3O6S/c1-7-23(27(32)28-18-20(2)3)29(16-15-21-11-9-8-10-12-21)26(31)19-30(37(6,33)34)24-17-22(35-4)13-14-25(24)36-5/h8-14,17,20,23H,7,15-16,18-19H2,1-6H3,(H,28,32). The van der Waals surface area contributed by atoms with E-state index in [4.69, 9.17) is 9.47 Å². The number of carbonyl (C=O) groups is 2. The van der Waals surface area contributed by atoms with E-state index in [9.17, 15) is 18.0 Å². The molecular formula is C27H39N3O6S. The van der Waals surface area contributed by atoms with Crippen LogP contribution in [0.2, 0.25) is 0 Å². The summed E-state index contributed by atoms with van der Waals surface area (Å²) < 4.78 is 37.4. The Morgan fingerprint density at radius 3 is 2.24 bits per heavy atom. The van der Waals surface area contributed by atoms with E-state index in [0.717, 1.165) is 16.1 Å². The van der Waals surface area contributed by atoms with Gasteiger partial charge in [-0.1, -0.05) is 51.1 Å². The molecule has 0 aliphatic carbocycles. The minimum absolute atomic E-state index is 0.179. The number of amides is 2. The van der Waals surface area contributed by atoms with Crippen molar-refractivity contribution < 1.29 is 27.5 Å². The summed E-state index contributed by atoms with van der Waals surface area (Å²) in [4.78, 5) is 28.3. The van der Waals surface area contributed by atoms with Crippen molar-refractivity contribution >= 4 is 27.5 Å². The Balaban J connectivity index is 2.44. The third-order valence-electron chi connectivity index (χ3n) is 5.89. The van der Waals surface area contributed by atoms with Crippen molar-refractivity contribution in [1.29, 1.82) is 0 Å². The summed E-state index contributed by atoms with van der Waals surface area (Å²) in [5, 5.41) is 2.91. The molecule has 0 fully saturated rings. The molecule has 2 aromatic carbocycles. The molecule has 0 saturated heterocycles. The first-order valence-corrected chi connectivity index (χ1v) is 14.2. The van der Waals surface area contributed by atoms with Gasteiger partial charge in [0.1, 0.15) is 24.1 Å². The summed E-state index contributed by atoms with van der Waals surface area (Å²) in [6.45, 7) is 6.05. The zero-order valence-electron chi connectivity index (χ0n) is 22.6. The maximum absolute atomic E-state index is 13.8. The Kier molecular flexibility index (Phi) is 11.2. The van der Waals surface area contributed by atoms with E-state index in [0.29, 0.717) is 25.1 Å². The van der Waals surface area contributed by atoms with Crippen molar-refractivity contribution in [2.24, 2.45) is 5.92 Å². The zero-order valence-corrected chi connectivity index (χ0v) is 23.4. The van der Waals surface area contributed by atoms with Crippen molar-refractivity contribution in [3.8, 4) is 11.5 Å². The molecule has 1 N–H and O–H groups in total. The maximum atomic E-state index is 13.8. The number of ether oxygens (including phenoxy) is 2. The van der Waals surface area contributed by atoms with Gasteiger partial charge < -0.3 is 19.7 Å². The summed E-state index contributed by atoms with van der Waals surface area (Å²) in [5.41, 5.74) is 1.19. The Hall–Kier alpha value is -3.27. The number of methoxy groups -OCH3 is 2. The Labute approximate surface area is 220 Å². The van der Waals surface area contributed by atoms with Crippen LogP contribution in [-0.2, 0) is 26.0 Å². The molecule has 1 unspecified atom stereocenters. The van der Waals surface area contributed by atoms with Crippen molar-refractivity contribution in [3.05, 3.63) is 54.1 Å². The highest BCUT2D eigenvalue weighted by molar-refractivity contribution is 7.92. The number of benzene rings is 2. The van der Waals surface area contributed by atoms with Gasteiger partial charge in [-0.2, -0.15) is 0 Å². The van der Waals surface area contributed by atoms with E-state index in [1.165, 1.54) is 25.2 Å². The summed E-state index contributed by atoms with van der Waals surface area (Å²) in [5.74, 6) is 0.186. The van der Waals surface area contributed by atoms with Crippen LogP contribution >= 0.6 is 0 Å². The minimum Gasteiger partial charge on any atom is -0.497 e. The Bertz CT molecular complexity index is 1140. The van der Waals surface area contributed by atoms with Crippen molar-refractivity contribution in [3.63, 3.8) is 0 Å². The molecule has 37 heavy (non-hydrogen) atoms. The molecule has 0 aromatic heterocycles. The lowest BCUT2D eigenvalue weighted by atomic mass is 10.1. The van der Waals surface area contributed by atoms with Crippen LogP contribution in [0, 0.1) is 5.92 Å². The van der Waals surface area contributed by atoms with E-state index in [-0.39, 0.29) is 29.8 Å². The lowest BCUT2D eigenvalue weighted by Gasteiger charge is -2.33. The van der Waals surface area contributed by atoms with Gasteiger partial charge in [0, 0.05) is 19.2 Å². The molecule has 0 radical (unpaired) electrons. The van der Waals surface area contributed by atoms with Gasteiger partial charge in [0.2, 0.25) is 21.8 Å². The van der Waals surface area contributed by atoms with Gasteiger partial charge in [0.15, 0.2) is 0 Å². The van der Waals surface area contributed by atoms with Gasteiger partial charge in [0.25, 0.3) is 0 Å². The highest BCUT2D eigenvalue weighted by Crippen LogP contribution is 2.33. The molecular weight excluding hydrogens is 494 g/mol. The molecule has 0 heterocycles. The highest BCUT2D eigenvalue weighted by atomic mass is 32.2. The van der Waals surface area contributed by atoms with Gasteiger partial charge in [0.05, 0.1) is 26.2 Å². The van der Waals surface area contributed by atoms with Crippen LogP contribution in [0.4, 0.5) is 5.69 Å². The van der Waals surface area contributed by atoms with E-state index >= 15 is 0 Å². The first-order chi connectivity index (χ1) is 17.5. The maximum Gasteiger partial charge on any atom is 0.244 e. The molecule has 1 atom stereocenters. The van der Waals surface area contributed by atoms with Crippen molar-refractivity contribution in [2.75, 3.05) is 44.4 Å². The molecule has 2 amide bonds. The van der Waals surface area contributed by atoms with Gasteiger partial charge in [-0.15, -0.1) is 0 Å². The number of anilines is 1. The smallest absolute Gasteiger partial charge is 0.244 e. The number of hydrogen-bond donors (Lipinski definition) is 1. The van der Waals surface area contributed by atoms with Crippen LogP contribution in [0.1, 0.15) is 32.8 Å². The number of nitrogens with zero attached hydrogens (tertiary/aromatic N) is 2. The van der Waals surface area contributed by atoms with Gasteiger partial charge in [-0.25, -0.2) is 8.42 Å². The van der Waals surface area contributed by atoms with E-state index in [1.807, 2.05) is 51.1 Å². The summed E-state index contributed by atoms with van der Waals surface area (Å²) in [7, 11) is -1.01. The number of sulfonamides is 1. The predicted octanol–water partition coefficient (Wildman–Crippen LogP) is 3.09. The van der Waals surface area contributed by atoms with Crippen molar-refractivity contribution in [2.45, 2.75) is 39.7 Å². The Morgan fingerprint density at radius 1 is 1.03 bits per heavy atom. The number of carbonyl (C=O) groups excluding carboxylic acids is 2. The fraction of sp³-hybridized carbons (Fsp3) is 0.481. The molecule has 204 valence electrons. The topological polar surface area (TPSA) is 105 Å². The quantitative estimate of drug-likeness (QED) is 0.400. The predicted molar refractivity (Wildman–Crippen MR) is 146 cm³/mol. The first kappa shape index (κ1) is 30.0. The van der Waals surface area contributed by atoms with Crippen LogP contribution in [0.15, 0.2) is 48.5 Å². The monoisotopic (exact) mass is 533 g/mol. The lowest BCUT2D eigenvalue weighted by Crippen LogP contribution is -2.53. The normalized spacial score (nSPS) is 12.1. The first-order valence-electron chi connectivity index (χ1n) is 12.3. The molecule has 0 saturated carbocycles. The van der Waals surface area contributed by atoms with E-state index in [2.05, 4.69) is 5.32 Å². The SMILES string of the molecule is CCC(C(=O)NCC(C)C)N(CCc1ccccc1)C(=O)CN(c1cc(OC)ccc1OC)S(C)(=O)=O. The fourth-order valence-electron chi connectivity index (χ4n) is 3.90. The van der Waals surface area contributed by atoms with Crippen LogP contribution < -0.4 is 19.1 Å². The van der Waals surface area contributed by atoms with Crippen LogP contribution in [0.3, 0.4) is 0 Å². The number of nitrogens with one attached hydrogen (secondary N) is 1. The van der Waals surface area contributed by atoms with E-state index < -0.39 is 28.5 Å². The highest BCUT2D eigenvalue weighted by Gasteiger charge is 2.32. The second-order valence-corrected chi connectivity index (χ2v) is 11.1. The van der Waals surface area contributed by atoms with Crippen LogP contribution in [0.5, 0.6) is 11.5 Å².